The van der Waals surface area contributed by atoms with Gasteiger partial charge in [-0.2, -0.15) is 0 Å². The van der Waals surface area contributed by atoms with E-state index < -0.39 is 22.7 Å². The van der Waals surface area contributed by atoms with E-state index in [0.29, 0.717) is 35.7 Å². The molecule has 0 radical (unpaired) electrons. The van der Waals surface area contributed by atoms with E-state index in [2.05, 4.69) is 10.2 Å². The SMILES string of the molecule is C[C@H]1CC2(CC[C@@H]1C(=O)N(C)C)N(C)C(=O)c1c(O)c(=O)c(-c3nnc(Cc4ccc(F)cc4)s3)cn1N2C. The number of nitrogens with zero attached hydrogens (tertiary/aromatic N) is 6. The molecule has 2 aromatic heterocycles. The number of carbonyl (C=O) groups excluding carboxylic acids is 2. The predicted octanol–water partition coefficient (Wildman–Crippen LogP) is 2.68. The number of pyridine rings is 1. The van der Waals surface area contributed by atoms with Crippen LogP contribution in [0.2, 0.25) is 0 Å². The molecule has 0 bridgehead atoms. The molecule has 1 unspecified atom stereocenters. The second-order valence-electron chi connectivity index (χ2n) is 10.6. The molecule has 39 heavy (non-hydrogen) atoms. The number of hydrogen-bond donors (Lipinski definition) is 1. The standard InChI is InChI=1S/C27H31FN6O4S/c1-15-13-27(11-10-18(15)25(37)31(2)3)32(4)26(38)21-23(36)22(35)19(14-34(21)33(27)5)24-30-29-20(39-24)12-16-6-8-17(28)9-7-16/h6-9,14-15,18,36H,10-13H2,1-5H3/t15-,18-,27?/m0/s1. The summed E-state index contributed by atoms with van der Waals surface area (Å²) < 4.78 is 14.8. The monoisotopic (exact) mass is 554 g/mol. The molecule has 1 aromatic carbocycles. The van der Waals surface area contributed by atoms with Gasteiger partial charge in [0.05, 0.1) is 5.56 Å². The molecular weight excluding hydrogens is 523 g/mol. The lowest BCUT2D eigenvalue weighted by atomic mass is 9.72. The highest BCUT2D eigenvalue weighted by atomic mass is 32.1. The van der Waals surface area contributed by atoms with Crippen molar-refractivity contribution in [2.75, 3.05) is 33.2 Å². The number of rotatable bonds is 4. The lowest BCUT2D eigenvalue weighted by Gasteiger charge is -2.57. The minimum Gasteiger partial charge on any atom is -0.502 e. The zero-order valence-electron chi connectivity index (χ0n) is 22.5. The van der Waals surface area contributed by atoms with E-state index in [1.54, 1.807) is 43.1 Å². The summed E-state index contributed by atoms with van der Waals surface area (Å²) in [6.45, 7) is 2.02. The van der Waals surface area contributed by atoms with Crippen LogP contribution in [0.5, 0.6) is 5.75 Å². The Balaban J connectivity index is 1.51. The normalized spacial score (nSPS) is 22.8. The molecule has 10 nitrogen and oxygen atoms in total. The fourth-order valence-electron chi connectivity index (χ4n) is 5.88. The molecular formula is C27H31FN6O4S. The topological polar surface area (TPSA) is 112 Å². The first kappa shape index (κ1) is 26.8. The summed E-state index contributed by atoms with van der Waals surface area (Å²) in [6.07, 6.45) is 3.62. The third-order valence-electron chi connectivity index (χ3n) is 8.14. The number of aromatic nitrogens is 3. The first-order chi connectivity index (χ1) is 18.4. The van der Waals surface area contributed by atoms with Crippen molar-refractivity contribution in [1.29, 1.82) is 0 Å². The van der Waals surface area contributed by atoms with Crippen LogP contribution in [0.1, 0.15) is 47.2 Å². The highest BCUT2D eigenvalue weighted by Gasteiger charge is 2.52. The first-order valence-corrected chi connectivity index (χ1v) is 13.6. The highest BCUT2D eigenvalue weighted by molar-refractivity contribution is 7.14. The quantitative estimate of drug-likeness (QED) is 0.528. The molecule has 12 heteroatoms. The number of hydrogen-bond acceptors (Lipinski definition) is 8. The second-order valence-corrected chi connectivity index (χ2v) is 11.7. The fourth-order valence-corrected chi connectivity index (χ4v) is 6.76. The lowest BCUT2D eigenvalue weighted by Crippen LogP contribution is -2.70. The Morgan fingerprint density at radius 2 is 1.90 bits per heavy atom. The van der Waals surface area contributed by atoms with Crippen LogP contribution in [0, 0.1) is 17.7 Å². The maximum Gasteiger partial charge on any atom is 0.278 e. The summed E-state index contributed by atoms with van der Waals surface area (Å²) in [7, 11) is 6.99. The first-order valence-electron chi connectivity index (χ1n) is 12.7. The van der Waals surface area contributed by atoms with Crippen molar-refractivity contribution in [3.05, 3.63) is 62.8 Å². The van der Waals surface area contributed by atoms with E-state index >= 15 is 0 Å². The predicted molar refractivity (Wildman–Crippen MR) is 145 cm³/mol. The van der Waals surface area contributed by atoms with Gasteiger partial charge in [-0.3, -0.25) is 24.1 Å². The summed E-state index contributed by atoms with van der Waals surface area (Å²) in [5.41, 5.74) is -0.597. The zero-order valence-corrected chi connectivity index (χ0v) is 23.3. The maximum absolute atomic E-state index is 13.6. The van der Waals surface area contributed by atoms with Gasteiger partial charge in [0, 0.05) is 46.7 Å². The molecule has 1 aliphatic carbocycles. The molecule has 206 valence electrons. The van der Waals surface area contributed by atoms with Crippen molar-refractivity contribution in [3.8, 4) is 16.3 Å². The summed E-state index contributed by atoms with van der Waals surface area (Å²) in [6, 6.07) is 6.06. The molecule has 1 saturated carbocycles. The van der Waals surface area contributed by atoms with E-state index in [9.17, 15) is 23.9 Å². The Morgan fingerprint density at radius 3 is 2.54 bits per heavy atom. The van der Waals surface area contributed by atoms with Crippen molar-refractivity contribution in [2.24, 2.45) is 11.8 Å². The van der Waals surface area contributed by atoms with Crippen molar-refractivity contribution in [1.82, 2.24) is 24.7 Å². The highest BCUT2D eigenvalue weighted by Crippen LogP contribution is 2.44. The van der Waals surface area contributed by atoms with Crippen molar-refractivity contribution in [2.45, 2.75) is 38.3 Å². The zero-order chi connectivity index (χ0) is 28.2. The van der Waals surface area contributed by atoms with Gasteiger partial charge in [0.1, 0.15) is 16.5 Å². The van der Waals surface area contributed by atoms with Crippen LogP contribution in [-0.4, -0.2) is 75.4 Å². The van der Waals surface area contributed by atoms with Crippen LogP contribution in [0.4, 0.5) is 4.39 Å². The largest absolute Gasteiger partial charge is 0.502 e. The molecule has 2 amide bonds. The van der Waals surface area contributed by atoms with E-state index in [-0.39, 0.29) is 34.8 Å². The van der Waals surface area contributed by atoms with Gasteiger partial charge in [-0.15, -0.1) is 10.2 Å². The molecule has 1 spiro atoms. The number of fused-ring (bicyclic) bond motifs is 1. The van der Waals surface area contributed by atoms with Crippen LogP contribution >= 0.6 is 11.3 Å². The van der Waals surface area contributed by atoms with Crippen LogP contribution in [0.25, 0.3) is 10.6 Å². The molecule has 3 heterocycles. The van der Waals surface area contributed by atoms with Gasteiger partial charge >= 0.3 is 0 Å². The number of carbonyl (C=O) groups is 2. The Morgan fingerprint density at radius 1 is 1.21 bits per heavy atom. The molecule has 1 fully saturated rings. The average Bonchev–Trinajstić information content (AvgIpc) is 3.37. The third kappa shape index (κ3) is 4.36. The van der Waals surface area contributed by atoms with Gasteiger partial charge in [-0.25, -0.2) is 4.39 Å². The Labute approximate surface area is 229 Å². The van der Waals surface area contributed by atoms with Gasteiger partial charge < -0.3 is 14.9 Å². The van der Waals surface area contributed by atoms with E-state index in [0.717, 1.165) is 5.56 Å². The van der Waals surface area contributed by atoms with Crippen LogP contribution in [-0.2, 0) is 11.2 Å². The summed E-state index contributed by atoms with van der Waals surface area (Å²) in [5.74, 6) is -1.52. The second kappa shape index (κ2) is 9.74. The van der Waals surface area contributed by atoms with Gasteiger partial charge in [0.2, 0.25) is 11.3 Å². The van der Waals surface area contributed by atoms with Crippen molar-refractivity contribution < 1.29 is 19.1 Å². The molecule has 1 aliphatic heterocycles. The molecule has 0 saturated heterocycles. The minimum atomic E-state index is -0.750. The van der Waals surface area contributed by atoms with Crippen molar-refractivity contribution in [3.63, 3.8) is 0 Å². The Kier molecular flexibility index (Phi) is 6.69. The molecule has 1 N–H and O–H groups in total. The molecule has 3 atom stereocenters. The van der Waals surface area contributed by atoms with Gasteiger partial charge in [0.15, 0.2) is 16.5 Å². The summed E-state index contributed by atoms with van der Waals surface area (Å²) >= 11 is 1.20. The fraction of sp³-hybridized carbons (Fsp3) is 0.444. The van der Waals surface area contributed by atoms with Crippen molar-refractivity contribution >= 4 is 23.2 Å². The molecule has 2 aliphatic rings. The number of amides is 2. The van der Waals surface area contributed by atoms with Gasteiger partial charge in [-0.05, 0) is 42.9 Å². The van der Waals surface area contributed by atoms with Gasteiger partial charge in [0.25, 0.3) is 5.91 Å². The average molecular weight is 555 g/mol. The van der Waals surface area contributed by atoms with Crippen LogP contribution < -0.4 is 10.4 Å². The Hall–Kier alpha value is -3.80. The lowest BCUT2D eigenvalue weighted by molar-refractivity contribution is -0.137. The van der Waals surface area contributed by atoms with Crippen LogP contribution in [0.15, 0.2) is 35.3 Å². The Bertz CT molecular complexity index is 1500. The van der Waals surface area contributed by atoms with E-state index in [1.165, 1.54) is 34.3 Å². The molecule has 5 rings (SSSR count). The molecule has 3 aromatic rings. The number of benzene rings is 1. The van der Waals surface area contributed by atoms with E-state index in [1.807, 2.05) is 19.0 Å². The summed E-state index contributed by atoms with van der Waals surface area (Å²) in [5, 5.41) is 22.1. The minimum absolute atomic E-state index is 0.00229. The number of aromatic hydroxyl groups is 1. The van der Waals surface area contributed by atoms with E-state index in [4.69, 9.17) is 0 Å². The number of halogens is 1. The summed E-state index contributed by atoms with van der Waals surface area (Å²) in [4.78, 5) is 42.7. The smallest absolute Gasteiger partial charge is 0.278 e. The maximum atomic E-state index is 13.6. The van der Waals surface area contributed by atoms with Crippen LogP contribution in [0.3, 0.4) is 0 Å². The third-order valence-corrected chi connectivity index (χ3v) is 9.09. The van der Waals surface area contributed by atoms with Gasteiger partial charge in [-0.1, -0.05) is 30.4 Å².